The van der Waals surface area contributed by atoms with Crippen LogP contribution in [0.1, 0.15) is 38.5 Å². The fraction of sp³-hybridized carbons (Fsp3) is 0.857. The molecule has 0 aromatic rings. The monoisotopic (exact) mass is 264 g/mol. The third-order valence-electron chi connectivity index (χ3n) is 5.60. The van der Waals surface area contributed by atoms with E-state index in [1.54, 1.807) is 0 Å². The molecule has 1 saturated heterocycles. The van der Waals surface area contributed by atoms with E-state index in [1.165, 1.54) is 38.5 Å². The smallest absolute Gasteiger partial charge is 0.248 e. The molecule has 1 amide bonds. The summed E-state index contributed by atoms with van der Waals surface area (Å²) >= 11 is 5.27. The van der Waals surface area contributed by atoms with Crippen LogP contribution in [0.25, 0.3) is 0 Å². The van der Waals surface area contributed by atoms with E-state index in [1.807, 2.05) is 4.90 Å². The highest BCUT2D eigenvalue weighted by atomic mass is 32.1. The van der Waals surface area contributed by atoms with Crippen molar-refractivity contribution in [1.82, 2.24) is 10.2 Å². The van der Waals surface area contributed by atoms with Gasteiger partial charge in [-0.1, -0.05) is 0 Å². The molecule has 1 aliphatic heterocycles. The SMILES string of the molecule is O=C1CNC(=S)N1CC12CC3CC(CC(C3)C1)C2. The van der Waals surface area contributed by atoms with Gasteiger partial charge in [-0.25, -0.2) is 0 Å². The Hall–Kier alpha value is -0.640. The molecule has 18 heavy (non-hydrogen) atoms. The molecular formula is C14H20N2OS. The van der Waals surface area contributed by atoms with Crippen LogP contribution in [0, 0.1) is 23.2 Å². The third kappa shape index (κ3) is 1.61. The molecular weight excluding hydrogens is 244 g/mol. The maximum Gasteiger partial charge on any atom is 0.248 e. The first-order chi connectivity index (χ1) is 8.63. The number of hydrogen-bond acceptors (Lipinski definition) is 2. The quantitative estimate of drug-likeness (QED) is 0.773. The van der Waals surface area contributed by atoms with Gasteiger partial charge in [-0.05, 0) is 73.9 Å². The maximum absolute atomic E-state index is 11.9. The number of hydrogen-bond donors (Lipinski definition) is 1. The van der Waals surface area contributed by atoms with Gasteiger partial charge in [-0.3, -0.25) is 9.69 Å². The Balaban J connectivity index is 1.57. The standard InChI is InChI=1S/C14H20N2OS/c17-12-7-15-13(18)16(12)8-14-4-9-1-10(5-14)3-11(2-9)6-14/h9-11H,1-8H2,(H,15,18). The van der Waals surface area contributed by atoms with Crippen molar-refractivity contribution in [3.05, 3.63) is 0 Å². The van der Waals surface area contributed by atoms with Crippen LogP contribution in [0.2, 0.25) is 0 Å². The third-order valence-corrected chi connectivity index (χ3v) is 5.96. The van der Waals surface area contributed by atoms with Crippen molar-refractivity contribution in [1.29, 1.82) is 0 Å². The molecule has 1 N–H and O–H groups in total. The highest BCUT2D eigenvalue weighted by Crippen LogP contribution is 2.60. The second kappa shape index (κ2) is 3.69. The summed E-state index contributed by atoms with van der Waals surface area (Å²) in [6, 6.07) is 0. The van der Waals surface area contributed by atoms with Gasteiger partial charge < -0.3 is 5.32 Å². The van der Waals surface area contributed by atoms with Gasteiger partial charge >= 0.3 is 0 Å². The lowest BCUT2D eigenvalue weighted by Crippen LogP contribution is -2.52. The van der Waals surface area contributed by atoms with Crippen LogP contribution >= 0.6 is 12.2 Å². The van der Waals surface area contributed by atoms with Crippen LogP contribution in [-0.2, 0) is 4.79 Å². The van der Waals surface area contributed by atoms with Crippen LogP contribution in [0.3, 0.4) is 0 Å². The average Bonchev–Trinajstić information content (AvgIpc) is 2.58. The Morgan fingerprint density at radius 1 is 1.17 bits per heavy atom. The number of rotatable bonds is 2. The molecule has 4 heteroatoms. The molecule has 0 atom stereocenters. The molecule has 5 aliphatic rings. The molecule has 4 saturated carbocycles. The number of carbonyl (C=O) groups excluding carboxylic acids is 1. The van der Waals surface area contributed by atoms with Gasteiger partial charge in [-0.15, -0.1) is 0 Å². The Labute approximate surface area is 113 Å². The van der Waals surface area contributed by atoms with E-state index in [9.17, 15) is 4.79 Å². The minimum atomic E-state index is 0.177. The number of carbonyl (C=O) groups is 1. The molecule has 0 spiro atoms. The summed E-state index contributed by atoms with van der Waals surface area (Å²) in [4.78, 5) is 13.7. The van der Waals surface area contributed by atoms with E-state index in [2.05, 4.69) is 5.32 Å². The van der Waals surface area contributed by atoms with Gasteiger partial charge in [0.25, 0.3) is 0 Å². The second-order valence-electron chi connectivity index (χ2n) is 7.06. The zero-order valence-electron chi connectivity index (χ0n) is 10.7. The van der Waals surface area contributed by atoms with Crippen molar-refractivity contribution < 1.29 is 4.79 Å². The summed E-state index contributed by atoms with van der Waals surface area (Å²) in [5.74, 6) is 3.00. The number of amides is 1. The highest BCUT2D eigenvalue weighted by Gasteiger charge is 2.52. The molecule has 98 valence electrons. The summed E-state index contributed by atoms with van der Waals surface area (Å²) < 4.78 is 0. The molecule has 1 heterocycles. The summed E-state index contributed by atoms with van der Waals surface area (Å²) in [6.07, 6.45) is 8.38. The van der Waals surface area contributed by atoms with E-state index < -0.39 is 0 Å². The van der Waals surface area contributed by atoms with Crippen molar-refractivity contribution in [2.75, 3.05) is 13.1 Å². The fourth-order valence-corrected chi connectivity index (χ4v) is 5.67. The van der Waals surface area contributed by atoms with Crippen molar-refractivity contribution in [3.8, 4) is 0 Å². The van der Waals surface area contributed by atoms with Crippen LogP contribution < -0.4 is 5.32 Å². The van der Waals surface area contributed by atoms with Crippen molar-refractivity contribution in [3.63, 3.8) is 0 Å². The van der Waals surface area contributed by atoms with Gasteiger partial charge in [0, 0.05) is 6.54 Å². The summed E-state index contributed by atoms with van der Waals surface area (Å²) in [7, 11) is 0. The van der Waals surface area contributed by atoms with Crippen molar-refractivity contribution >= 4 is 23.2 Å². The first-order valence-electron chi connectivity index (χ1n) is 7.22. The van der Waals surface area contributed by atoms with Gasteiger partial charge in [0.05, 0.1) is 6.54 Å². The highest BCUT2D eigenvalue weighted by molar-refractivity contribution is 7.80. The number of nitrogens with one attached hydrogen (secondary N) is 1. The molecule has 0 unspecified atom stereocenters. The fourth-order valence-electron chi connectivity index (χ4n) is 5.43. The lowest BCUT2D eigenvalue weighted by Gasteiger charge is -2.57. The predicted octanol–water partition coefficient (Wildman–Crippen LogP) is 1.92. The van der Waals surface area contributed by atoms with E-state index in [0.717, 1.165) is 24.3 Å². The first-order valence-corrected chi connectivity index (χ1v) is 7.63. The van der Waals surface area contributed by atoms with Crippen molar-refractivity contribution in [2.24, 2.45) is 23.2 Å². The van der Waals surface area contributed by atoms with E-state index in [0.29, 0.717) is 17.1 Å². The molecule has 0 aromatic carbocycles. The molecule has 3 nitrogen and oxygen atoms in total. The number of thiocarbonyl (C=S) groups is 1. The average molecular weight is 264 g/mol. The molecule has 5 rings (SSSR count). The maximum atomic E-state index is 11.9. The number of nitrogens with zero attached hydrogens (tertiary/aromatic N) is 1. The molecule has 4 bridgehead atoms. The Kier molecular flexibility index (Phi) is 2.30. The minimum absolute atomic E-state index is 0.177. The van der Waals surface area contributed by atoms with Gasteiger partial charge in [-0.2, -0.15) is 0 Å². The lowest BCUT2D eigenvalue weighted by atomic mass is 9.49. The van der Waals surface area contributed by atoms with Crippen molar-refractivity contribution in [2.45, 2.75) is 38.5 Å². The Morgan fingerprint density at radius 2 is 1.72 bits per heavy atom. The normalized spacial score (nSPS) is 45.8. The van der Waals surface area contributed by atoms with E-state index in [4.69, 9.17) is 12.2 Å². The van der Waals surface area contributed by atoms with Crippen LogP contribution in [-0.4, -0.2) is 29.0 Å². The Morgan fingerprint density at radius 3 is 2.17 bits per heavy atom. The molecule has 0 radical (unpaired) electrons. The Bertz CT molecular complexity index is 369. The minimum Gasteiger partial charge on any atom is -0.353 e. The topological polar surface area (TPSA) is 32.3 Å². The van der Waals surface area contributed by atoms with Crippen LogP contribution in [0.4, 0.5) is 0 Å². The summed E-state index contributed by atoms with van der Waals surface area (Å²) in [6.45, 7) is 1.30. The zero-order valence-corrected chi connectivity index (χ0v) is 11.5. The van der Waals surface area contributed by atoms with Crippen LogP contribution in [0.5, 0.6) is 0 Å². The second-order valence-corrected chi connectivity index (χ2v) is 7.44. The molecule has 4 aliphatic carbocycles. The lowest BCUT2D eigenvalue weighted by molar-refractivity contribution is -0.128. The largest absolute Gasteiger partial charge is 0.353 e. The van der Waals surface area contributed by atoms with Gasteiger partial charge in [0.2, 0.25) is 5.91 Å². The van der Waals surface area contributed by atoms with Gasteiger partial charge in [0.15, 0.2) is 5.11 Å². The predicted molar refractivity (Wildman–Crippen MR) is 72.9 cm³/mol. The van der Waals surface area contributed by atoms with E-state index >= 15 is 0 Å². The van der Waals surface area contributed by atoms with Gasteiger partial charge in [0.1, 0.15) is 0 Å². The molecule has 0 aromatic heterocycles. The van der Waals surface area contributed by atoms with E-state index in [-0.39, 0.29) is 5.91 Å². The molecule has 5 fully saturated rings. The van der Waals surface area contributed by atoms with Crippen LogP contribution in [0.15, 0.2) is 0 Å². The summed E-state index contributed by atoms with van der Waals surface area (Å²) in [5.41, 5.74) is 0.403. The summed E-state index contributed by atoms with van der Waals surface area (Å²) in [5, 5.41) is 3.67. The zero-order chi connectivity index (χ0) is 12.3. The first kappa shape index (κ1) is 11.2.